The predicted molar refractivity (Wildman–Crippen MR) is 94.1 cm³/mol. The molecule has 0 saturated carbocycles. The molecule has 0 bridgehead atoms. The molecule has 0 fully saturated rings. The summed E-state index contributed by atoms with van der Waals surface area (Å²) >= 11 is 12.6. The number of hydrogen-bond donors (Lipinski definition) is 0. The molecule has 4 rings (SSSR count). The van der Waals surface area contributed by atoms with Crippen LogP contribution in [0, 0.1) is 6.92 Å². The average Bonchev–Trinajstić information content (AvgIpc) is 2.83. The van der Waals surface area contributed by atoms with Crippen LogP contribution < -0.4 is 0 Å². The number of rotatable bonds is 1. The van der Waals surface area contributed by atoms with Crippen molar-refractivity contribution in [3.63, 3.8) is 0 Å². The van der Waals surface area contributed by atoms with Gasteiger partial charge in [0, 0.05) is 27.4 Å². The van der Waals surface area contributed by atoms with Crippen molar-refractivity contribution in [3.05, 3.63) is 81.4 Å². The maximum atomic E-state index is 6.39. The standard InChI is InChI=1S/C18H13Cl2N3/c1-11-10-23-16-7-6-12(19)8-14(16)18(21-9-17(23)22-11)13-4-2-3-5-15(13)20/h2-8,10H,9H2,1H3. The highest BCUT2D eigenvalue weighted by Gasteiger charge is 2.21. The Morgan fingerprint density at radius 2 is 1.87 bits per heavy atom. The summed E-state index contributed by atoms with van der Waals surface area (Å²) in [5, 5.41) is 1.34. The zero-order chi connectivity index (χ0) is 16.0. The highest BCUT2D eigenvalue weighted by molar-refractivity contribution is 6.36. The number of benzene rings is 2. The highest BCUT2D eigenvalue weighted by atomic mass is 35.5. The van der Waals surface area contributed by atoms with Crippen molar-refractivity contribution in [1.82, 2.24) is 9.55 Å². The van der Waals surface area contributed by atoms with E-state index < -0.39 is 0 Å². The highest BCUT2D eigenvalue weighted by Crippen LogP contribution is 2.29. The molecular weight excluding hydrogens is 329 g/mol. The lowest BCUT2D eigenvalue weighted by Gasteiger charge is -2.13. The third kappa shape index (κ3) is 2.46. The number of imidazole rings is 1. The Bertz CT molecular complexity index is 941. The van der Waals surface area contributed by atoms with Gasteiger partial charge in [-0.15, -0.1) is 0 Å². The maximum absolute atomic E-state index is 6.39. The fraction of sp³-hybridized carbons (Fsp3) is 0.111. The molecular formula is C18H13Cl2N3. The first-order valence-electron chi connectivity index (χ1n) is 7.28. The van der Waals surface area contributed by atoms with Gasteiger partial charge < -0.3 is 4.57 Å². The molecule has 114 valence electrons. The summed E-state index contributed by atoms with van der Waals surface area (Å²) in [5.41, 5.74) is 4.69. The summed E-state index contributed by atoms with van der Waals surface area (Å²) < 4.78 is 2.08. The van der Waals surface area contributed by atoms with Gasteiger partial charge in [0.15, 0.2) is 0 Å². The lowest BCUT2D eigenvalue weighted by Crippen LogP contribution is -2.07. The van der Waals surface area contributed by atoms with Gasteiger partial charge in [-0.25, -0.2) is 4.98 Å². The second kappa shape index (κ2) is 5.52. The third-order valence-electron chi connectivity index (χ3n) is 3.88. The number of aromatic nitrogens is 2. The lowest BCUT2D eigenvalue weighted by molar-refractivity contribution is 0.878. The Morgan fingerprint density at radius 1 is 1.04 bits per heavy atom. The van der Waals surface area contributed by atoms with E-state index in [9.17, 15) is 0 Å². The molecule has 0 atom stereocenters. The molecule has 2 aromatic carbocycles. The zero-order valence-corrected chi connectivity index (χ0v) is 13.9. The molecule has 0 saturated heterocycles. The Morgan fingerprint density at radius 3 is 2.70 bits per heavy atom. The second-order valence-corrected chi connectivity index (χ2v) is 6.32. The predicted octanol–water partition coefficient (Wildman–Crippen LogP) is 4.84. The molecule has 1 aliphatic rings. The Labute approximate surface area is 144 Å². The minimum Gasteiger partial charge on any atom is -0.301 e. The van der Waals surface area contributed by atoms with E-state index in [1.807, 2.05) is 55.6 Å². The fourth-order valence-electron chi connectivity index (χ4n) is 2.89. The SMILES string of the molecule is Cc1cn2c(n1)CN=C(c1ccccc1Cl)c1cc(Cl)ccc1-2. The van der Waals surface area contributed by atoms with Crippen molar-refractivity contribution in [2.75, 3.05) is 0 Å². The molecule has 2 heterocycles. The molecule has 3 aromatic rings. The Hall–Kier alpha value is -2.10. The van der Waals surface area contributed by atoms with Crippen molar-refractivity contribution in [3.8, 4) is 5.69 Å². The van der Waals surface area contributed by atoms with Gasteiger partial charge in [0.1, 0.15) is 5.82 Å². The van der Waals surface area contributed by atoms with Gasteiger partial charge in [-0.1, -0.05) is 41.4 Å². The second-order valence-electron chi connectivity index (χ2n) is 5.47. The van der Waals surface area contributed by atoms with Gasteiger partial charge in [0.25, 0.3) is 0 Å². The van der Waals surface area contributed by atoms with Crippen LogP contribution in [0.4, 0.5) is 0 Å². The van der Waals surface area contributed by atoms with E-state index in [1.54, 1.807) is 0 Å². The molecule has 0 aliphatic carbocycles. The van der Waals surface area contributed by atoms with Crippen LogP contribution in [-0.2, 0) is 6.54 Å². The largest absolute Gasteiger partial charge is 0.301 e. The molecule has 23 heavy (non-hydrogen) atoms. The molecule has 0 unspecified atom stereocenters. The van der Waals surface area contributed by atoms with Crippen LogP contribution in [0.1, 0.15) is 22.6 Å². The van der Waals surface area contributed by atoms with Crippen molar-refractivity contribution in [2.24, 2.45) is 4.99 Å². The van der Waals surface area contributed by atoms with Crippen molar-refractivity contribution in [2.45, 2.75) is 13.5 Å². The molecule has 1 aliphatic heterocycles. The molecule has 5 heteroatoms. The lowest BCUT2D eigenvalue weighted by atomic mass is 10.0. The van der Waals surface area contributed by atoms with Crippen LogP contribution in [0.25, 0.3) is 5.69 Å². The van der Waals surface area contributed by atoms with E-state index in [4.69, 9.17) is 28.2 Å². The van der Waals surface area contributed by atoms with Crippen molar-refractivity contribution < 1.29 is 0 Å². The summed E-state index contributed by atoms with van der Waals surface area (Å²) in [7, 11) is 0. The summed E-state index contributed by atoms with van der Waals surface area (Å²) in [6.07, 6.45) is 2.02. The Kier molecular flexibility index (Phi) is 3.47. The minimum absolute atomic E-state index is 0.501. The van der Waals surface area contributed by atoms with E-state index in [-0.39, 0.29) is 0 Å². The normalized spacial score (nSPS) is 13.1. The van der Waals surface area contributed by atoms with E-state index in [0.29, 0.717) is 16.6 Å². The number of aliphatic imine (C=N–C) groups is 1. The maximum Gasteiger partial charge on any atom is 0.135 e. The molecule has 0 spiro atoms. The first-order chi connectivity index (χ1) is 11.1. The first kappa shape index (κ1) is 14.5. The van der Waals surface area contributed by atoms with E-state index in [1.165, 1.54) is 0 Å². The Balaban J connectivity index is 2.01. The van der Waals surface area contributed by atoms with Crippen LogP contribution in [0.5, 0.6) is 0 Å². The van der Waals surface area contributed by atoms with Gasteiger partial charge in [-0.05, 0) is 31.2 Å². The van der Waals surface area contributed by atoms with E-state index in [0.717, 1.165) is 34.0 Å². The summed E-state index contributed by atoms with van der Waals surface area (Å²) in [6, 6.07) is 13.5. The minimum atomic E-state index is 0.501. The fourth-order valence-corrected chi connectivity index (χ4v) is 3.29. The smallest absolute Gasteiger partial charge is 0.135 e. The quantitative estimate of drug-likeness (QED) is 0.622. The van der Waals surface area contributed by atoms with Gasteiger partial charge in [-0.3, -0.25) is 4.99 Å². The number of nitrogens with zero attached hydrogens (tertiary/aromatic N) is 3. The summed E-state index contributed by atoms with van der Waals surface area (Å²) in [5.74, 6) is 0.910. The monoisotopic (exact) mass is 341 g/mol. The van der Waals surface area contributed by atoms with Gasteiger partial charge in [0.2, 0.25) is 0 Å². The molecule has 3 nitrogen and oxygen atoms in total. The van der Waals surface area contributed by atoms with E-state index >= 15 is 0 Å². The van der Waals surface area contributed by atoms with Crippen molar-refractivity contribution in [1.29, 1.82) is 0 Å². The van der Waals surface area contributed by atoms with Crippen LogP contribution in [0.2, 0.25) is 10.0 Å². The van der Waals surface area contributed by atoms with Crippen LogP contribution in [0.15, 0.2) is 53.7 Å². The topological polar surface area (TPSA) is 30.2 Å². The van der Waals surface area contributed by atoms with Gasteiger partial charge in [0.05, 0.1) is 23.6 Å². The zero-order valence-electron chi connectivity index (χ0n) is 12.4. The molecule has 0 radical (unpaired) electrons. The third-order valence-corrected chi connectivity index (χ3v) is 4.44. The van der Waals surface area contributed by atoms with Gasteiger partial charge >= 0.3 is 0 Å². The van der Waals surface area contributed by atoms with E-state index in [2.05, 4.69) is 9.55 Å². The summed E-state index contributed by atoms with van der Waals surface area (Å²) in [4.78, 5) is 9.35. The number of hydrogen-bond acceptors (Lipinski definition) is 2. The molecule has 0 N–H and O–H groups in total. The van der Waals surface area contributed by atoms with Crippen LogP contribution >= 0.6 is 23.2 Å². The average molecular weight is 342 g/mol. The number of halogens is 2. The summed E-state index contributed by atoms with van der Waals surface area (Å²) in [6.45, 7) is 2.48. The molecule has 1 aromatic heterocycles. The van der Waals surface area contributed by atoms with Crippen molar-refractivity contribution >= 4 is 28.9 Å². The number of aryl methyl sites for hydroxylation is 1. The first-order valence-corrected chi connectivity index (χ1v) is 8.03. The van der Waals surface area contributed by atoms with Crippen LogP contribution in [-0.4, -0.2) is 15.3 Å². The number of fused-ring (bicyclic) bond motifs is 3. The molecule has 0 amide bonds. The van der Waals surface area contributed by atoms with Crippen LogP contribution in [0.3, 0.4) is 0 Å². The van der Waals surface area contributed by atoms with Gasteiger partial charge in [-0.2, -0.15) is 0 Å².